The number of nitrogens with one attached hydrogen (secondary N) is 2. The topological polar surface area (TPSA) is 168 Å². The minimum absolute atomic E-state index is 0.130. The number of halogens is 2. The minimum atomic E-state index is -0.511. The van der Waals surface area contributed by atoms with E-state index in [1.165, 1.54) is 12.7 Å². The number of aromatic nitrogens is 6. The number of nitriles is 1. The van der Waals surface area contributed by atoms with Crippen LogP contribution < -0.4 is 16.4 Å². The number of pyridine rings is 2. The number of carbonyl (C=O) groups excluding carboxylic acids is 1. The second-order valence-electron chi connectivity index (χ2n) is 14.6. The number of hydrogen-bond acceptors (Lipinski definition) is 10. The summed E-state index contributed by atoms with van der Waals surface area (Å²) < 4.78 is 30.4. The summed E-state index contributed by atoms with van der Waals surface area (Å²) in [5.74, 6) is -1.19. The highest BCUT2D eigenvalue weighted by Crippen LogP contribution is 2.29. The van der Waals surface area contributed by atoms with Gasteiger partial charge in [-0.1, -0.05) is 60.7 Å². The number of nitrogens with zero attached hydrogens (tertiary/aromatic N) is 7. The molecule has 4 aromatic heterocycles. The van der Waals surface area contributed by atoms with Crippen LogP contribution in [0.4, 0.5) is 20.4 Å². The fourth-order valence-corrected chi connectivity index (χ4v) is 7.24. The van der Waals surface area contributed by atoms with Crippen molar-refractivity contribution in [3.05, 3.63) is 192 Å². The monoisotopic (exact) mass is 828 g/mol. The van der Waals surface area contributed by atoms with Crippen molar-refractivity contribution in [2.45, 2.75) is 13.1 Å². The Hall–Kier alpha value is -8.76. The van der Waals surface area contributed by atoms with E-state index >= 15 is 8.78 Å². The van der Waals surface area contributed by atoms with Crippen molar-refractivity contribution in [2.75, 3.05) is 10.6 Å². The van der Waals surface area contributed by atoms with E-state index in [-0.39, 0.29) is 23.0 Å². The molecule has 11 nitrogen and oxygen atoms in total. The maximum Gasteiger partial charge on any atom is 0.248 e. The average molecular weight is 829 g/mol. The molecule has 4 N–H and O–H groups in total. The van der Waals surface area contributed by atoms with Crippen LogP contribution in [0.15, 0.2) is 159 Å². The van der Waals surface area contributed by atoms with Gasteiger partial charge in [-0.05, 0) is 105 Å². The van der Waals surface area contributed by atoms with Crippen molar-refractivity contribution in [3.8, 4) is 28.6 Å². The second-order valence-corrected chi connectivity index (χ2v) is 14.6. The predicted octanol–water partition coefficient (Wildman–Crippen LogP) is 10.2. The van der Waals surface area contributed by atoms with E-state index < -0.39 is 17.5 Å². The maximum atomic E-state index is 15.2. The molecule has 0 saturated carbocycles. The van der Waals surface area contributed by atoms with Crippen molar-refractivity contribution in [1.82, 2.24) is 29.9 Å². The molecule has 10 aromatic rings. The van der Waals surface area contributed by atoms with Crippen LogP contribution >= 0.6 is 0 Å². The number of nitrogens with two attached hydrogens (primary N) is 1. The van der Waals surface area contributed by atoms with Crippen molar-refractivity contribution >= 4 is 60.9 Å². The Morgan fingerprint density at radius 3 is 1.56 bits per heavy atom. The Morgan fingerprint density at radius 2 is 1.03 bits per heavy atom. The highest BCUT2D eigenvalue weighted by atomic mass is 19.1. The Morgan fingerprint density at radius 1 is 0.540 bits per heavy atom. The predicted molar refractivity (Wildman–Crippen MR) is 241 cm³/mol. The van der Waals surface area contributed by atoms with Crippen LogP contribution in [-0.2, 0) is 13.1 Å². The number of hydrogen-bond donors (Lipinski definition) is 3. The molecule has 13 heteroatoms. The van der Waals surface area contributed by atoms with Gasteiger partial charge < -0.3 is 16.4 Å². The van der Waals surface area contributed by atoms with E-state index in [4.69, 9.17) is 11.0 Å². The highest BCUT2D eigenvalue weighted by Gasteiger charge is 2.16. The normalized spacial score (nSPS) is 10.9. The molecular weight excluding hydrogens is 795 g/mol. The van der Waals surface area contributed by atoms with E-state index in [1.807, 2.05) is 109 Å². The largest absolute Gasteiger partial charge is 0.366 e. The number of anilines is 2. The summed E-state index contributed by atoms with van der Waals surface area (Å²) in [5, 5.41) is 20.9. The summed E-state index contributed by atoms with van der Waals surface area (Å²) >= 11 is 0. The summed E-state index contributed by atoms with van der Waals surface area (Å²) in [6.07, 6.45) is 6.15. The van der Waals surface area contributed by atoms with Crippen LogP contribution in [-0.4, -0.2) is 35.8 Å². The van der Waals surface area contributed by atoms with Crippen LogP contribution in [0.3, 0.4) is 0 Å². The van der Waals surface area contributed by atoms with Crippen molar-refractivity contribution in [3.63, 3.8) is 0 Å². The number of benzene rings is 6. The second kappa shape index (κ2) is 17.5. The molecule has 0 atom stereocenters. The third-order valence-electron chi connectivity index (χ3n) is 10.5. The lowest BCUT2D eigenvalue weighted by atomic mass is 10.0. The fraction of sp³-hybridized carbons (Fsp3) is 0.0400. The lowest BCUT2D eigenvalue weighted by Crippen LogP contribution is -2.10. The number of amides is 1. The van der Waals surface area contributed by atoms with Gasteiger partial charge in [-0.3, -0.25) is 14.8 Å². The van der Waals surface area contributed by atoms with E-state index in [0.717, 1.165) is 54.5 Å². The van der Waals surface area contributed by atoms with Gasteiger partial charge in [0, 0.05) is 52.9 Å². The molecule has 0 aliphatic rings. The molecule has 0 bridgehead atoms. The first-order valence-corrected chi connectivity index (χ1v) is 19.7. The van der Waals surface area contributed by atoms with Crippen LogP contribution in [0, 0.1) is 23.0 Å². The van der Waals surface area contributed by atoms with Gasteiger partial charge in [0.15, 0.2) is 23.3 Å². The summed E-state index contributed by atoms with van der Waals surface area (Å²) in [5.41, 5.74) is 11.8. The van der Waals surface area contributed by atoms with Gasteiger partial charge in [-0.15, -0.1) is 0 Å². The molecule has 0 unspecified atom stereocenters. The van der Waals surface area contributed by atoms with E-state index in [2.05, 4.69) is 46.6 Å². The molecule has 0 fully saturated rings. The molecule has 0 radical (unpaired) electrons. The van der Waals surface area contributed by atoms with Crippen LogP contribution in [0.5, 0.6) is 0 Å². The van der Waals surface area contributed by atoms with Crippen LogP contribution in [0.1, 0.15) is 27.0 Å². The number of fused-ring (bicyclic) bond motifs is 4. The summed E-state index contributed by atoms with van der Waals surface area (Å²) in [7, 11) is 0. The van der Waals surface area contributed by atoms with Crippen LogP contribution in [0.25, 0.3) is 65.9 Å². The van der Waals surface area contributed by atoms with E-state index in [1.54, 1.807) is 36.7 Å². The third-order valence-corrected chi connectivity index (χ3v) is 10.5. The van der Waals surface area contributed by atoms with Gasteiger partial charge in [-0.2, -0.15) is 5.26 Å². The average Bonchev–Trinajstić information content (AvgIpc) is 3.32. The SMILES string of the molecule is N#Cc1ccc2cc(CNc3ncnc(-c4ccc5ncccc5c4)c3F)ccc2c1.NC(=O)c1ccc2cc(CNc3ncnc(-c4ccc5ncccc5c4)c3F)ccc2c1. The van der Waals surface area contributed by atoms with E-state index in [0.29, 0.717) is 35.3 Å². The van der Waals surface area contributed by atoms with Gasteiger partial charge in [0.25, 0.3) is 0 Å². The molecule has 1 amide bonds. The molecule has 0 aliphatic heterocycles. The lowest BCUT2D eigenvalue weighted by Gasteiger charge is -2.10. The van der Waals surface area contributed by atoms with Gasteiger partial charge in [-0.25, -0.2) is 28.7 Å². The van der Waals surface area contributed by atoms with Gasteiger partial charge in [0.05, 0.1) is 22.7 Å². The molecule has 63 heavy (non-hydrogen) atoms. The first-order chi connectivity index (χ1) is 30.8. The van der Waals surface area contributed by atoms with Gasteiger partial charge in [0.1, 0.15) is 24.0 Å². The summed E-state index contributed by atoms with van der Waals surface area (Å²) in [6, 6.07) is 43.3. The standard InChI is InChI=1S/C25H18FN5O.C25H16FN5/c26-22-23(19-7-8-21-18(12-19)2-1-9-28-21)30-14-31-25(22)29-13-15-3-4-17-11-20(24(27)32)6-5-16(17)10-15;26-23-24(21-7-8-22-20(12-21)2-1-9-28-22)30-15-31-25(23)29-14-17-4-6-18-10-16(13-27)3-5-19(18)11-17/h1-12,14H,13H2,(H2,27,32)(H,29,30,31);1-12,15H,14H2,(H,29,30,31). The Labute approximate surface area is 359 Å². The quantitative estimate of drug-likeness (QED) is 0.127. The molecule has 4 heterocycles. The van der Waals surface area contributed by atoms with Crippen molar-refractivity contribution in [2.24, 2.45) is 5.73 Å². The minimum Gasteiger partial charge on any atom is -0.366 e. The van der Waals surface area contributed by atoms with Gasteiger partial charge in [0.2, 0.25) is 5.91 Å². The zero-order chi connectivity index (χ0) is 43.3. The molecule has 10 rings (SSSR count). The fourth-order valence-electron chi connectivity index (χ4n) is 7.24. The van der Waals surface area contributed by atoms with Crippen molar-refractivity contribution < 1.29 is 13.6 Å². The van der Waals surface area contributed by atoms with Gasteiger partial charge >= 0.3 is 0 Å². The number of carbonyl (C=O) groups is 1. The molecular formula is C50H34F2N10O. The molecule has 304 valence electrons. The first-order valence-electron chi connectivity index (χ1n) is 19.7. The molecule has 0 spiro atoms. The van der Waals surface area contributed by atoms with E-state index in [9.17, 15) is 4.79 Å². The number of primary amides is 1. The number of rotatable bonds is 9. The Balaban J connectivity index is 0.000000160. The van der Waals surface area contributed by atoms with Crippen molar-refractivity contribution in [1.29, 1.82) is 5.26 Å². The Kier molecular flexibility index (Phi) is 11.0. The first kappa shape index (κ1) is 39.7. The molecule has 0 aliphatic carbocycles. The Bertz CT molecular complexity index is 3410. The third kappa shape index (κ3) is 8.63. The molecule has 6 aromatic carbocycles. The highest BCUT2D eigenvalue weighted by molar-refractivity contribution is 5.97. The zero-order valence-corrected chi connectivity index (χ0v) is 33.3. The summed E-state index contributed by atoms with van der Waals surface area (Å²) in [4.78, 5) is 36.4. The molecule has 0 saturated heterocycles. The van der Waals surface area contributed by atoms with Crippen LogP contribution in [0.2, 0.25) is 0 Å². The zero-order valence-electron chi connectivity index (χ0n) is 33.3. The smallest absolute Gasteiger partial charge is 0.248 e. The maximum absolute atomic E-state index is 15.2. The lowest BCUT2D eigenvalue weighted by molar-refractivity contribution is 0.100. The summed E-state index contributed by atoms with van der Waals surface area (Å²) in [6.45, 7) is 0.785.